The van der Waals surface area contributed by atoms with Gasteiger partial charge in [-0.05, 0) is 25.7 Å². The zero-order valence-corrected chi connectivity index (χ0v) is 12.4. The van der Waals surface area contributed by atoms with E-state index >= 15 is 0 Å². The molecule has 2 fully saturated rings. The van der Waals surface area contributed by atoms with Crippen LogP contribution in [0.25, 0.3) is 0 Å². The number of aliphatic hydroxyl groups excluding tert-OH is 1. The van der Waals surface area contributed by atoms with Gasteiger partial charge >= 0.3 is 12.0 Å². The smallest absolute Gasteiger partial charge is 0.320 e. The van der Waals surface area contributed by atoms with Crippen molar-refractivity contribution in [3.8, 4) is 0 Å². The minimum Gasteiger partial charge on any atom is -0.480 e. The molecule has 0 aromatic carbocycles. The van der Waals surface area contributed by atoms with E-state index < -0.39 is 5.97 Å². The number of aliphatic hydroxyl groups is 1. The lowest BCUT2D eigenvalue weighted by atomic mass is 10.0. The molecule has 0 bridgehead atoms. The third-order valence-corrected chi connectivity index (χ3v) is 4.30. The summed E-state index contributed by atoms with van der Waals surface area (Å²) in [5, 5.41) is 18.3. The van der Waals surface area contributed by atoms with Crippen LogP contribution in [0.5, 0.6) is 0 Å². The van der Waals surface area contributed by atoms with Gasteiger partial charge in [-0.3, -0.25) is 9.69 Å². The zero-order valence-electron chi connectivity index (χ0n) is 12.4. The van der Waals surface area contributed by atoms with E-state index in [1.165, 1.54) is 0 Å². The molecule has 2 aliphatic rings. The minimum absolute atomic E-state index is 0.00840. The van der Waals surface area contributed by atoms with Crippen molar-refractivity contribution in [2.45, 2.75) is 31.7 Å². The third kappa shape index (κ3) is 4.31. The van der Waals surface area contributed by atoms with Gasteiger partial charge in [-0.1, -0.05) is 0 Å². The molecule has 2 amide bonds. The van der Waals surface area contributed by atoms with Crippen LogP contribution in [0, 0.1) is 0 Å². The monoisotopic (exact) mass is 299 g/mol. The number of carboxylic acids is 1. The lowest BCUT2D eigenvalue weighted by Gasteiger charge is -2.38. The van der Waals surface area contributed by atoms with Gasteiger partial charge in [-0.25, -0.2) is 4.79 Å². The second-order valence-corrected chi connectivity index (χ2v) is 5.82. The Morgan fingerprint density at radius 3 is 2.52 bits per heavy atom. The summed E-state index contributed by atoms with van der Waals surface area (Å²) in [7, 11) is 0. The van der Waals surface area contributed by atoms with E-state index in [1.807, 2.05) is 4.90 Å². The van der Waals surface area contributed by atoms with Crippen LogP contribution in [0.3, 0.4) is 0 Å². The molecule has 2 N–H and O–H groups in total. The molecule has 0 saturated carbocycles. The second kappa shape index (κ2) is 7.61. The van der Waals surface area contributed by atoms with Crippen molar-refractivity contribution in [2.24, 2.45) is 0 Å². The van der Waals surface area contributed by atoms with Crippen LogP contribution in [-0.2, 0) is 4.79 Å². The van der Waals surface area contributed by atoms with Crippen molar-refractivity contribution in [3.63, 3.8) is 0 Å². The number of carbonyl (C=O) groups is 2. The molecule has 2 heterocycles. The van der Waals surface area contributed by atoms with Crippen molar-refractivity contribution in [2.75, 3.05) is 45.9 Å². The molecule has 21 heavy (non-hydrogen) atoms. The number of hydrogen-bond donors (Lipinski definition) is 2. The number of rotatable bonds is 3. The van der Waals surface area contributed by atoms with Gasteiger partial charge in [0, 0.05) is 32.7 Å². The molecule has 1 unspecified atom stereocenters. The summed E-state index contributed by atoms with van der Waals surface area (Å²) in [6, 6.07) is -0.0736. The van der Waals surface area contributed by atoms with Crippen molar-refractivity contribution in [3.05, 3.63) is 0 Å². The molecule has 7 nitrogen and oxygen atoms in total. The Labute approximate surface area is 125 Å². The van der Waals surface area contributed by atoms with E-state index in [1.54, 1.807) is 9.80 Å². The average Bonchev–Trinajstić information content (AvgIpc) is 2.71. The quantitative estimate of drug-likeness (QED) is 0.769. The van der Waals surface area contributed by atoms with Gasteiger partial charge in [0.25, 0.3) is 0 Å². The number of hydrogen-bond acceptors (Lipinski definition) is 4. The van der Waals surface area contributed by atoms with Crippen LogP contribution in [0.15, 0.2) is 0 Å². The molecule has 7 heteroatoms. The van der Waals surface area contributed by atoms with Gasteiger partial charge in [0.15, 0.2) is 0 Å². The highest BCUT2D eigenvalue weighted by molar-refractivity contribution is 5.75. The lowest BCUT2D eigenvalue weighted by molar-refractivity contribution is -0.138. The fraction of sp³-hybridized carbons (Fsp3) is 0.857. The van der Waals surface area contributed by atoms with E-state index in [0.29, 0.717) is 32.7 Å². The van der Waals surface area contributed by atoms with Crippen molar-refractivity contribution in [1.29, 1.82) is 0 Å². The van der Waals surface area contributed by atoms with Crippen molar-refractivity contribution in [1.82, 2.24) is 14.7 Å². The number of piperidine rings is 1. The minimum atomic E-state index is -0.828. The van der Waals surface area contributed by atoms with Gasteiger partial charge in [0.1, 0.15) is 0 Å². The van der Waals surface area contributed by atoms with Gasteiger partial charge in [0.2, 0.25) is 0 Å². The molecular weight excluding hydrogens is 274 g/mol. The molecule has 0 aromatic heterocycles. The SMILES string of the molecule is O=C(O)CN1CCCN(C(=O)N2CCCCC2CO)CC1. The Hall–Kier alpha value is -1.34. The maximum atomic E-state index is 12.6. The zero-order chi connectivity index (χ0) is 15.2. The molecule has 1 atom stereocenters. The van der Waals surface area contributed by atoms with E-state index in [-0.39, 0.29) is 25.2 Å². The van der Waals surface area contributed by atoms with Gasteiger partial charge in [0.05, 0.1) is 19.2 Å². The lowest BCUT2D eigenvalue weighted by Crippen LogP contribution is -2.52. The maximum absolute atomic E-state index is 12.6. The Morgan fingerprint density at radius 1 is 1.00 bits per heavy atom. The fourth-order valence-electron chi connectivity index (χ4n) is 3.14. The number of aliphatic carboxylic acids is 1. The Bertz CT molecular complexity index is 377. The molecule has 2 aliphatic heterocycles. The van der Waals surface area contributed by atoms with Crippen LogP contribution in [0.2, 0.25) is 0 Å². The van der Waals surface area contributed by atoms with E-state index in [0.717, 1.165) is 25.7 Å². The summed E-state index contributed by atoms with van der Waals surface area (Å²) in [4.78, 5) is 28.8. The molecule has 0 spiro atoms. The standard InChI is InChI=1S/C14H25N3O4/c18-11-12-4-1-2-7-17(12)14(21)16-6-3-5-15(8-9-16)10-13(19)20/h12,18H,1-11H2,(H,19,20). The summed E-state index contributed by atoms with van der Waals surface area (Å²) in [6.07, 6.45) is 3.69. The summed E-state index contributed by atoms with van der Waals surface area (Å²) in [6.45, 7) is 3.27. The Morgan fingerprint density at radius 2 is 1.81 bits per heavy atom. The topological polar surface area (TPSA) is 84.3 Å². The van der Waals surface area contributed by atoms with Crippen LogP contribution in [0.4, 0.5) is 4.79 Å². The Kier molecular flexibility index (Phi) is 5.81. The normalized spacial score (nSPS) is 24.7. The summed E-state index contributed by atoms with van der Waals surface area (Å²) in [5.74, 6) is -0.828. The summed E-state index contributed by atoms with van der Waals surface area (Å²) >= 11 is 0. The van der Waals surface area contributed by atoms with Gasteiger partial charge in [-0.15, -0.1) is 0 Å². The Balaban J connectivity index is 1.91. The first-order valence-electron chi connectivity index (χ1n) is 7.72. The highest BCUT2D eigenvalue weighted by Crippen LogP contribution is 2.19. The van der Waals surface area contributed by atoms with Crippen LogP contribution in [0.1, 0.15) is 25.7 Å². The predicted molar refractivity (Wildman–Crippen MR) is 77.1 cm³/mol. The first-order chi connectivity index (χ1) is 10.1. The first kappa shape index (κ1) is 16.0. The first-order valence-corrected chi connectivity index (χ1v) is 7.72. The molecule has 2 saturated heterocycles. The number of nitrogens with zero attached hydrogens (tertiary/aromatic N) is 3. The van der Waals surface area contributed by atoms with Gasteiger partial charge in [-0.2, -0.15) is 0 Å². The maximum Gasteiger partial charge on any atom is 0.320 e. The average molecular weight is 299 g/mol. The van der Waals surface area contributed by atoms with E-state index in [9.17, 15) is 14.7 Å². The summed E-state index contributed by atoms with van der Waals surface area (Å²) in [5.41, 5.74) is 0. The van der Waals surface area contributed by atoms with Crippen molar-refractivity contribution >= 4 is 12.0 Å². The highest BCUT2D eigenvalue weighted by atomic mass is 16.4. The molecular formula is C14H25N3O4. The number of carbonyl (C=O) groups excluding carboxylic acids is 1. The number of amides is 2. The number of urea groups is 1. The van der Waals surface area contributed by atoms with Crippen LogP contribution < -0.4 is 0 Å². The van der Waals surface area contributed by atoms with Crippen LogP contribution in [-0.4, -0.2) is 88.8 Å². The molecule has 0 aromatic rings. The number of carboxylic acid groups (broad SMARTS) is 1. The van der Waals surface area contributed by atoms with Gasteiger partial charge < -0.3 is 20.0 Å². The molecule has 0 radical (unpaired) electrons. The number of likely N-dealkylation sites (tertiary alicyclic amines) is 1. The van der Waals surface area contributed by atoms with E-state index in [2.05, 4.69) is 0 Å². The molecule has 0 aliphatic carbocycles. The fourth-order valence-corrected chi connectivity index (χ4v) is 3.14. The predicted octanol–water partition coefficient (Wildman–Crippen LogP) is 0.0455. The third-order valence-electron chi connectivity index (χ3n) is 4.30. The summed E-state index contributed by atoms with van der Waals surface area (Å²) < 4.78 is 0. The largest absolute Gasteiger partial charge is 0.480 e. The van der Waals surface area contributed by atoms with Crippen LogP contribution >= 0.6 is 0 Å². The molecule has 120 valence electrons. The highest BCUT2D eigenvalue weighted by Gasteiger charge is 2.30. The second-order valence-electron chi connectivity index (χ2n) is 5.82. The van der Waals surface area contributed by atoms with Crippen molar-refractivity contribution < 1.29 is 19.8 Å². The van der Waals surface area contributed by atoms with E-state index in [4.69, 9.17) is 5.11 Å². The molecule has 2 rings (SSSR count).